The van der Waals surface area contributed by atoms with Crippen LogP contribution in [0.3, 0.4) is 0 Å². The van der Waals surface area contributed by atoms with Crippen LogP contribution in [0.5, 0.6) is 0 Å². The molecule has 1 heterocycles. The maximum Gasteiger partial charge on any atom is 0.0327 e. The van der Waals surface area contributed by atoms with E-state index in [1.807, 2.05) is 12.4 Å². The fourth-order valence-electron chi connectivity index (χ4n) is 3.14. The summed E-state index contributed by atoms with van der Waals surface area (Å²) in [4.78, 5) is 4.15. The molecule has 1 saturated carbocycles. The van der Waals surface area contributed by atoms with Crippen LogP contribution in [0.25, 0.3) is 0 Å². The minimum atomic E-state index is 0.201. The zero-order chi connectivity index (χ0) is 12.3. The van der Waals surface area contributed by atoms with Crippen molar-refractivity contribution in [3.05, 3.63) is 29.6 Å². The Labute approximate surface area is 105 Å². The monoisotopic (exact) mass is 232 g/mol. The lowest BCUT2D eigenvalue weighted by atomic mass is 9.75. The van der Waals surface area contributed by atoms with Gasteiger partial charge in [0.05, 0.1) is 0 Å². The summed E-state index contributed by atoms with van der Waals surface area (Å²) in [5.74, 6) is 1.55. The summed E-state index contributed by atoms with van der Waals surface area (Å²) in [5.41, 5.74) is 8.99. The average molecular weight is 232 g/mol. The van der Waals surface area contributed by atoms with E-state index in [2.05, 4.69) is 24.9 Å². The standard InChI is InChI=1S/C15H24N2/c1-3-12-5-4-6-13(9-12)15(16)14-7-8-17-10-11(14)2/h7-8,10,12-13,15H,3-6,9,16H2,1-2H3. The number of nitrogens with two attached hydrogens (primary N) is 1. The van der Waals surface area contributed by atoms with E-state index in [-0.39, 0.29) is 6.04 Å². The summed E-state index contributed by atoms with van der Waals surface area (Å²) >= 11 is 0. The van der Waals surface area contributed by atoms with Gasteiger partial charge in [0.1, 0.15) is 0 Å². The largest absolute Gasteiger partial charge is 0.324 e. The molecule has 0 amide bonds. The molecule has 0 aliphatic heterocycles. The van der Waals surface area contributed by atoms with E-state index in [4.69, 9.17) is 5.73 Å². The average Bonchev–Trinajstić information content (AvgIpc) is 2.38. The second-order valence-electron chi connectivity index (χ2n) is 5.46. The predicted molar refractivity (Wildman–Crippen MR) is 71.6 cm³/mol. The summed E-state index contributed by atoms with van der Waals surface area (Å²) in [6.07, 6.45) is 10.4. The molecule has 0 spiro atoms. The van der Waals surface area contributed by atoms with Crippen molar-refractivity contribution < 1.29 is 0 Å². The number of pyridine rings is 1. The van der Waals surface area contributed by atoms with E-state index >= 15 is 0 Å². The van der Waals surface area contributed by atoms with Crippen LogP contribution in [0.1, 0.15) is 56.2 Å². The van der Waals surface area contributed by atoms with Crippen molar-refractivity contribution >= 4 is 0 Å². The van der Waals surface area contributed by atoms with Crippen molar-refractivity contribution in [1.82, 2.24) is 4.98 Å². The van der Waals surface area contributed by atoms with Gasteiger partial charge in [-0.25, -0.2) is 0 Å². The fourth-order valence-corrected chi connectivity index (χ4v) is 3.14. The third-order valence-electron chi connectivity index (χ3n) is 4.33. The lowest BCUT2D eigenvalue weighted by molar-refractivity contribution is 0.230. The van der Waals surface area contributed by atoms with Crippen molar-refractivity contribution in [1.29, 1.82) is 0 Å². The molecule has 2 nitrogen and oxygen atoms in total. The molecule has 3 unspecified atom stereocenters. The lowest BCUT2D eigenvalue weighted by Gasteiger charge is -2.33. The first-order chi connectivity index (χ1) is 8.22. The van der Waals surface area contributed by atoms with Crippen LogP contribution in [0.15, 0.2) is 18.5 Å². The normalized spacial score (nSPS) is 26.8. The Morgan fingerprint density at radius 1 is 1.47 bits per heavy atom. The molecule has 3 atom stereocenters. The van der Waals surface area contributed by atoms with Gasteiger partial charge in [-0.15, -0.1) is 0 Å². The molecule has 0 saturated heterocycles. The Balaban J connectivity index is 2.09. The zero-order valence-corrected chi connectivity index (χ0v) is 11.0. The number of aryl methyl sites for hydroxylation is 1. The van der Waals surface area contributed by atoms with Crippen LogP contribution >= 0.6 is 0 Å². The van der Waals surface area contributed by atoms with Gasteiger partial charge in [-0.05, 0) is 48.8 Å². The SMILES string of the molecule is CCC1CCCC(C(N)c2ccncc2C)C1. The molecule has 1 aliphatic carbocycles. The first-order valence-corrected chi connectivity index (χ1v) is 6.88. The molecule has 17 heavy (non-hydrogen) atoms. The molecule has 0 radical (unpaired) electrons. The molecule has 1 fully saturated rings. The second kappa shape index (κ2) is 5.63. The highest BCUT2D eigenvalue weighted by Crippen LogP contribution is 2.37. The van der Waals surface area contributed by atoms with Gasteiger partial charge in [-0.1, -0.05) is 26.2 Å². The highest BCUT2D eigenvalue weighted by atomic mass is 14.7. The van der Waals surface area contributed by atoms with Gasteiger partial charge in [-0.2, -0.15) is 0 Å². The fraction of sp³-hybridized carbons (Fsp3) is 0.667. The Morgan fingerprint density at radius 2 is 2.29 bits per heavy atom. The zero-order valence-electron chi connectivity index (χ0n) is 11.0. The van der Waals surface area contributed by atoms with Gasteiger partial charge in [-0.3, -0.25) is 4.98 Å². The minimum absolute atomic E-state index is 0.201. The Hall–Kier alpha value is -0.890. The molecule has 1 aliphatic rings. The van der Waals surface area contributed by atoms with Crippen LogP contribution in [-0.2, 0) is 0 Å². The van der Waals surface area contributed by atoms with Crippen molar-refractivity contribution in [3.63, 3.8) is 0 Å². The Kier molecular flexibility index (Phi) is 4.16. The maximum absolute atomic E-state index is 6.46. The van der Waals surface area contributed by atoms with Gasteiger partial charge in [0, 0.05) is 18.4 Å². The molecule has 2 heteroatoms. The Morgan fingerprint density at radius 3 is 3.00 bits per heavy atom. The van der Waals surface area contributed by atoms with Crippen LogP contribution < -0.4 is 5.73 Å². The molecule has 0 aromatic carbocycles. The quantitative estimate of drug-likeness (QED) is 0.864. The number of aromatic nitrogens is 1. The van der Waals surface area contributed by atoms with Crippen molar-refractivity contribution in [3.8, 4) is 0 Å². The van der Waals surface area contributed by atoms with E-state index < -0.39 is 0 Å². The number of rotatable bonds is 3. The van der Waals surface area contributed by atoms with Crippen molar-refractivity contribution in [2.24, 2.45) is 17.6 Å². The first kappa shape index (κ1) is 12.6. The molecule has 2 rings (SSSR count). The van der Waals surface area contributed by atoms with Crippen LogP contribution in [-0.4, -0.2) is 4.98 Å². The van der Waals surface area contributed by atoms with Gasteiger partial charge in [0.2, 0.25) is 0 Å². The first-order valence-electron chi connectivity index (χ1n) is 6.88. The number of nitrogens with zero attached hydrogens (tertiary/aromatic N) is 1. The van der Waals surface area contributed by atoms with Crippen molar-refractivity contribution in [2.75, 3.05) is 0 Å². The lowest BCUT2D eigenvalue weighted by Crippen LogP contribution is -2.27. The molecule has 0 bridgehead atoms. The Bertz CT molecular complexity index is 362. The molecule has 94 valence electrons. The van der Waals surface area contributed by atoms with Crippen LogP contribution in [0.2, 0.25) is 0 Å². The van der Waals surface area contributed by atoms with Gasteiger partial charge >= 0.3 is 0 Å². The molecular formula is C15H24N2. The van der Waals surface area contributed by atoms with E-state index in [1.54, 1.807) is 0 Å². The molecule has 2 N–H and O–H groups in total. The number of hydrogen-bond donors (Lipinski definition) is 1. The van der Waals surface area contributed by atoms with E-state index in [0.29, 0.717) is 5.92 Å². The minimum Gasteiger partial charge on any atom is -0.324 e. The maximum atomic E-state index is 6.46. The summed E-state index contributed by atoms with van der Waals surface area (Å²) in [6.45, 7) is 4.42. The topological polar surface area (TPSA) is 38.9 Å². The van der Waals surface area contributed by atoms with Gasteiger partial charge in [0.15, 0.2) is 0 Å². The number of hydrogen-bond acceptors (Lipinski definition) is 2. The van der Waals surface area contributed by atoms with Crippen molar-refractivity contribution in [2.45, 2.75) is 52.0 Å². The predicted octanol–water partition coefficient (Wildman–Crippen LogP) is 3.61. The van der Waals surface area contributed by atoms with Gasteiger partial charge in [0.25, 0.3) is 0 Å². The van der Waals surface area contributed by atoms with Crippen LogP contribution in [0.4, 0.5) is 0 Å². The molecular weight excluding hydrogens is 208 g/mol. The molecule has 1 aromatic heterocycles. The van der Waals surface area contributed by atoms with Crippen LogP contribution in [0, 0.1) is 18.8 Å². The summed E-state index contributed by atoms with van der Waals surface area (Å²) in [5, 5.41) is 0. The van der Waals surface area contributed by atoms with E-state index in [1.165, 1.54) is 43.2 Å². The van der Waals surface area contributed by atoms with E-state index in [9.17, 15) is 0 Å². The summed E-state index contributed by atoms with van der Waals surface area (Å²) in [7, 11) is 0. The molecule has 1 aromatic rings. The highest BCUT2D eigenvalue weighted by Gasteiger charge is 2.27. The highest BCUT2D eigenvalue weighted by molar-refractivity contribution is 5.25. The third-order valence-corrected chi connectivity index (χ3v) is 4.33. The van der Waals surface area contributed by atoms with E-state index in [0.717, 1.165) is 5.92 Å². The smallest absolute Gasteiger partial charge is 0.0327 e. The summed E-state index contributed by atoms with van der Waals surface area (Å²) in [6, 6.07) is 2.29. The van der Waals surface area contributed by atoms with Gasteiger partial charge < -0.3 is 5.73 Å². The summed E-state index contributed by atoms with van der Waals surface area (Å²) < 4.78 is 0. The second-order valence-corrected chi connectivity index (χ2v) is 5.46. The third kappa shape index (κ3) is 2.86.